The summed E-state index contributed by atoms with van der Waals surface area (Å²) in [6, 6.07) is 13.7. The summed E-state index contributed by atoms with van der Waals surface area (Å²) in [6.45, 7) is 5.58. The highest BCUT2D eigenvalue weighted by molar-refractivity contribution is 5.88. The van der Waals surface area contributed by atoms with Gasteiger partial charge in [-0.15, -0.1) is 0 Å². The lowest BCUT2D eigenvalue weighted by molar-refractivity contribution is -0.142. The van der Waals surface area contributed by atoms with Crippen LogP contribution < -0.4 is 19.5 Å². The predicted molar refractivity (Wildman–Crippen MR) is 115 cm³/mol. The number of amides is 2. The molecule has 7 nitrogen and oxygen atoms in total. The van der Waals surface area contributed by atoms with Crippen LogP contribution in [0, 0.1) is 0 Å². The van der Waals surface area contributed by atoms with E-state index in [4.69, 9.17) is 14.2 Å². The summed E-state index contributed by atoms with van der Waals surface area (Å²) in [5.74, 6) is 1.48. The van der Waals surface area contributed by atoms with Crippen LogP contribution in [-0.2, 0) is 16.1 Å². The molecular formula is C23H30N2O5. The fourth-order valence-electron chi connectivity index (χ4n) is 2.82. The molecule has 0 aliphatic heterocycles. The van der Waals surface area contributed by atoms with E-state index in [1.807, 2.05) is 38.1 Å². The zero-order valence-electron chi connectivity index (χ0n) is 18.2. The largest absolute Gasteiger partial charge is 0.497 e. The average molecular weight is 415 g/mol. The van der Waals surface area contributed by atoms with Gasteiger partial charge in [-0.25, -0.2) is 0 Å². The molecule has 2 amide bonds. The smallest absolute Gasteiger partial charge is 0.261 e. The van der Waals surface area contributed by atoms with Crippen LogP contribution in [0.5, 0.6) is 17.2 Å². The highest BCUT2D eigenvalue weighted by atomic mass is 16.5. The first-order valence-electron chi connectivity index (χ1n) is 9.83. The topological polar surface area (TPSA) is 77.1 Å². The van der Waals surface area contributed by atoms with Crippen molar-refractivity contribution in [1.29, 1.82) is 0 Å². The zero-order chi connectivity index (χ0) is 22.1. The molecule has 0 heterocycles. The van der Waals surface area contributed by atoms with E-state index in [1.165, 1.54) is 4.90 Å². The Bertz CT molecular complexity index is 818. The second-order valence-electron chi connectivity index (χ2n) is 7.17. The lowest BCUT2D eigenvalue weighted by atomic mass is 10.1. The first-order valence-corrected chi connectivity index (χ1v) is 9.83. The zero-order valence-corrected chi connectivity index (χ0v) is 18.2. The molecule has 1 N–H and O–H groups in total. The summed E-state index contributed by atoms with van der Waals surface area (Å²) in [5, 5.41) is 2.86. The molecule has 0 spiro atoms. The number of carbonyl (C=O) groups is 2. The van der Waals surface area contributed by atoms with Crippen LogP contribution in [0.3, 0.4) is 0 Å². The van der Waals surface area contributed by atoms with Crippen molar-refractivity contribution in [1.82, 2.24) is 10.2 Å². The molecule has 0 radical (unpaired) electrons. The van der Waals surface area contributed by atoms with E-state index in [0.29, 0.717) is 11.5 Å². The van der Waals surface area contributed by atoms with Crippen LogP contribution in [0.25, 0.3) is 0 Å². The molecule has 30 heavy (non-hydrogen) atoms. The van der Waals surface area contributed by atoms with Gasteiger partial charge in [-0.05, 0) is 62.7 Å². The molecule has 2 aromatic carbocycles. The molecule has 0 unspecified atom stereocenters. The first-order chi connectivity index (χ1) is 14.3. The molecule has 2 rings (SSSR count). The van der Waals surface area contributed by atoms with E-state index >= 15 is 0 Å². The van der Waals surface area contributed by atoms with Crippen molar-refractivity contribution in [3.63, 3.8) is 0 Å². The van der Waals surface area contributed by atoms with E-state index in [9.17, 15) is 9.59 Å². The molecule has 7 heteroatoms. The Morgan fingerprint density at radius 2 is 1.37 bits per heavy atom. The molecule has 0 bridgehead atoms. The summed E-state index contributed by atoms with van der Waals surface area (Å²) in [4.78, 5) is 27.0. The highest BCUT2D eigenvalue weighted by Crippen LogP contribution is 2.18. The lowest BCUT2D eigenvalue weighted by Crippen LogP contribution is -2.50. The van der Waals surface area contributed by atoms with Gasteiger partial charge < -0.3 is 24.4 Å². The highest BCUT2D eigenvalue weighted by Gasteiger charge is 2.26. The number of hydrogen-bond donors (Lipinski definition) is 1. The second-order valence-corrected chi connectivity index (χ2v) is 7.17. The summed E-state index contributed by atoms with van der Waals surface area (Å²) in [6.07, 6.45) is 0. The van der Waals surface area contributed by atoms with Gasteiger partial charge >= 0.3 is 0 Å². The van der Waals surface area contributed by atoms with Crippen LogP contribution in [0.4, 0.5) is 0 Å². The fourth-order valence-corrected chi connectivity index (χ4v) is 2.82. The molecule has 0 aromatic heterocycles. The normalized spacial score (nSPS) is 11.5. The molecule has 0 aliphatic carbocycles. The van der Waals surface area contributed by atoms with Crippen molar-refractivity contribution < 1.29 is 23.8 Å². The van der Waals surface area contributed by atoms with Crippen molar-refractivity contribution in [3.8, 4) is 17.2 Å². The summed E-state index contributed by atoms with van der Waals surface area (Å²) in [5.41, 5.74) is 0.887. The molecule has 0 saturated heterocycles. The van der Waals surface area contributed by atoms with E-state index in [0.717, 1.165) is 11.3 Å². The third-order valence-electron chi connectivity index (χ3n) is 4.53. The number of carbonyl (C=O) groups excluding carboxylic acids is 2. The predicted octanol–water partition coefficient (Wildman–Crippen LogP) is 3.02. The Morgan fingerprint density at radius 1 is 0.867 bits per heavy atom. The summed E-state index contributed by atoms with van der Waals surface area (Å²) in [7, 11) is 3.18. The standard InChI is InChI=1S/C23H30N2O5/c1-16(2)24-23(27)17(3)25(14-18-6-8-19(28-4)9-7-18)22(26)15-30-21-12-10-20(29-5)11-13-21/h6-13,16-17H,14-15H2,1-5H3,(H,24,27)/t17-/m1/s1. The Balaban J connectivity index is 2.12. The monoisotopic (exact) mass is 414 g/mol. The first kappa shape index (κ1) is 23.1. The van der Waals surface area contributed by atoms with Crippen LogP contribution in [-0.4, -0.2) is 49.6 Å². The second kappa shape index (κ2) is 11.1. The van der Waals surface area contributed by atoms with Gasteiger partial charge in [-0.2, -0.15) is 0 Å². The maximum Gasteiger partial charge on any atom is 0.261 e. The molecule has 1 atom stereocenters. The van der Waals surface area contributed by atoms with Crippen LogP contribution in [0.1, 0.15) is 26.3 Å². The van der Waals surface area contributed by atoms with Gasteiger partial charge in [0, 0.05) is 12.6 Å². The van der Waals surface area contributed by atoms with E-state index in [1.54, 1.807) is 45.4 Å². The van der Waals surface area contributed by atoms with Crippen LogP contribution >= 0.6 is 0 Å². The van der Waals surface area contributed by atoms with Crippen LogP contribution in [0.2, 0.25) is 0 Å². The Labute approximate surface area is 177 Å². The molecule has 162 valence electrons. The number of rotatable bonds is 10. The van der Waals surface area contributed by atoms with Crippen molar-refractivity contribution >= 4 is 11.8 Å². The van der Waals surface area contributed by atoms with Gasteiger partial charge in [-0.1, -0.05) is 12.1 Å². The third-order valence-corrected chi connectivity index (χ3v) is 4.53. The average Bonchev–Trinajstić information content (AvgIpc) is 2.75. The minimum Gasteiger partial charge on any atom is -0.497 e. The van der Waals surface area contributed by atoms with Crippen molar-refractivity contribution in [2.75, 3.05) is 20.8 Å². The maximum absolute atomic E-state index is 13.0. The minimum atomic E-state index is -0.651. The van der Waals surface area contributed by atoms with Gasteiger partial charge in [0.25, 0.3) is 5.91 Å². The minimum absolute atomic E-state index is 0.0200. The number of nitrogens with zero attached hydrogens (tertiary/aromatic N) is 1. The Kier molecular flexibility index (Phi) is 8.53. The van der Waals surface area contributed by atoms with Crippen molar-refractivity contribution in [3.05, 3.63) is 54.1 Å². The van der Waals surface area contributed by atoms with Crippen LogP contribution in [0.15, 0.2) is 48.5 Å². The van der Waals surface area contributed by atoms with Crippen molar-refractivity contribution in [2.45, 2.75) is 39.4 Å². The SMILES string of the molecule is COc1ccc(CN(C(=O)COc2ccc(OC)cc2)[C@H](C)C(=O)NC(C)C)cc1. The molecule has 0 aliphatic rings. The molecule has 2 aromatic rings. The quantitative estimate of drug-likeness (QED) is 0.647. The fraction of sp³-hybridized carbons (Fsp3) is 0.391. The van der Waals surface area contributed by atoms with E-state index in [-0.39, 0.29) is 31.0 Å². The van der Waals surface area contributed by atoms with Crippen molar-refractivity contribution in [2.24, 2.45) is 0 Å². The third kappa shape index (κ3) is 6.69. The lowest BCUT2D eigenvalue weighted by Gasteiger charge is -2.29. The van der Waals surface area contributed by atoms with E-state index in [2.05, 4.69) is 5.32 Å². The van der Waals surface area contributed by atoms with E-state index < -0.39 is 6.04 Å². The van der Waals surface area contributed by atoms with Gasteiger partial charge in [-0.3, -0.25) is 9.59 Å². The molecule has 0 saturated carbocycles. The van der Waals surface area contributed by atoms with Gasteiger partial charge in [0.15, 0.2) is 6.61 Å². The Morgan fingerprint density at radius 3 is 1.87 bits per heavy atom. The number of hydrogen-bond acceptors (Lipinski definition) is 5. The maximum atomic E-state index is 13.0. The Hall–Kier alpha value is -3.22. The van der Waals surface area contributed by atoms with Gasteiger partial charge in [0.1, 0.15) is 23.3 Å². The molecule has 0 fully saturated rings. The van der Waals surface area contributed by atoms with Gasteiger partial charge in [0.2, 0.25) is 5.91 Å². The number of nitrogens with one attached hydrogen (secondary N) is 1. The number of methoxy groups -OCH3 is 2. The summed E-state index contributed by atoms with van der Waals surface area (Å²) >= 11 is 0. The summed E-state index contributed by atoms with van der Waals surface area (Å²) < 4.78 is 15.9. The number of benzene rings is 2. The number of ether oxygens (including phenoxy) is 3. The van der Waals surface area contributed by atoms with Gasteiger partial charge in [0.05, 0.1) is 14.2 Å². The molecular weight excluding hydrogens is 384 g/mol.